The minimum absolute atomic E-state index is 0.000601. The molecule has 3 N–H and O–H groups in total. The number of carbonyl (C=O) groups is 2. The number of primary amides is 1. The van der Waals surface area contributed by atoms with Gasteiger partial charge in [0, 0.05) is 41.4 Å². The molecule has 0 radical (unpaired) electrons. The molecule has 10 nitrogen and oxygen atoms in total. The van der Waals surface area contributed by atoms with Crippen LogP contribution >= 0.6 is 11.3 Å². The first-order valence-electron chi connectivity index (χ1n) is 12.7. The smallest absolute Gasteiger partial charge is 0.365 e. The number of amides is 2. The Morgan fingerprint density at radius 3 is 2.48 bits per heavy atom. The average Bonchev–Trinajstić information content (AvgIpc) is 3.41. The van der Waals surface area contributed by atoms with Crippen molar-refractivity contribution in [2.75, 3.05) is 5.32 Å². The molecule has 6 rings (SSSR count). The van der Waals surface area contributed by atoms with E-state index in [2.05, 4.69) is 25.5 Å². The number of nitrogens with zero attached hydrogens (tertiary/aromatic N) is 6. The molecule has 1 aliphatic carbocycles. The van der Waals surface area contributed by atoms with Crippen LogP contribution in [0.5, 0.6) is 0 Å². The number of hydrogen-bond donors (Lipinski definition) is 2. The van der Waals surface area contributed by atoms with Gasteiger partial charge in [0.2, 0.25) is 0 Å². The van der Waals surface area contributed by atoms with E-state index in [-0.39, 0.29) is 43.6 Å². The topological polar surface area (TPSA) is 133 Å². The van der Waals surface area contributed by atoms with Crippen molar-refractivity contribution >= 4 is 44.7 Å². The third kappa shape index (κ3) is 4.74. The van der Waals surface area contributed by atoms with Crippen molar-refractivity contribution in [1.82, 2.24) is 29.4 Å². The van der Waals surface area contributed by atoms with Crippen LogP contribution in [-0.2, 0) is 12.7 Å². The zero-order valence-electron chi connectivity index (χ0n) is 22.0. The Morgan fingerprint density at radius 2 is 1.88 bits per heavy atom. The summed E-state index contributed by atoms with van der Waals surface area (Å²) in [5, 5.41) is 10.9. The van der Waals surface area contributed by atoms with Crippen molar-refractivity contribution in [2.24, 2.45) is 5.73 Å². The van der Waals surface area contributed by atoms with Crippen molar-refractivity contribution in [3.8, 4) is 11.1 Å². The Labute approximate surface area is 237 Å². The number of nitrogens with one attached hydrogen (secondary N) is 1. The minimum atomic E-state index is -4.77. The lowest BCUT2D eigenvalue weighted by atomic mass is 10.0. The van der Waals surface area contributed by atoms with E-state index in [1.54, 1.807) is 17.8 Å². The molecule has 42 heavy (non-hydrogen) atoms. The molecule has 0 bridgehead atoms. The third-order valence-corrected chi connectivity index (χ3v) is 7.99. The molecule has 2 amide bonds. The van der Waals surface area contributed by atoms with E-state index in [9.17, 15) is 31.5 Å². The highest BCUT2D eigenvalue weighted by molar-refractivity contribution is 7.21. The zero-order valence-corrected chi connectivity index (χ0v) is 22.8. The highest BCUT2D eigenvalue weighted by Gasteiger charge is 2.38. The van der Waals surface area contributed by atoms with Crippen LogP contribution < -0.4 is 11.1 Å². The summed E-state index contributed by atoms with van der Waals surface area (Å²) in [4.78, 5) is 33.9. The third-order valence-electron chi connectivity index (χ3n) is 6.89. The maximum Gasteiger partial charge on any atom is 0.433 e. The molecule has 1 saturated carbocycles. The maximum atomic E-state index is 13.9. The number of alkyl halides is 5. The van der Waals surface area contributed by atoms with E-state index in [1.165, 1.54) is 0 Å². The largest absolute Gasteiger partial charge is 0.433 e. The Morgan fingerprint density at radius 1 is 1.14 bits per heavy atom. The zero-order chi connectivity index (χ0) is 30.1. The van der Waals surface area contributed by atoms with Gasteiger partial charge in [0.05, 0.1) is 11.4 Å². The summed E-state index contributed by atoms with van der Waals surface area (Å²) in [7, 11) is 0. The summed E-state index contributed by atoms with van der Waals surface area (Å²) in [6, 6.07) is 3.18. The number of hydrogen-bond acceptors (Lipinski definition) is 7. The van der Waals surface area contributed by atoms with Crippen LogP contribution in [0.1, 0.15) is 75.0 Å². The van der Waals surface area contributed by atoms with Gasteiger partial charge in [0.1, 0.15) is 21.1 Å². The number of anilines is 1. The molecule has 5 aromatic rings. The Bertz CT molecular complexity index is 1900. The highest BCUT2D eigenvalue weighted by Crippen LogP contribution is 2.44. The van der Waals surface area contributed by atoms with Crippen molar-refractivity contribution in [3.63, 3.8) is 0 Å². The van der Waals surface area contributed by atoms with Crippen LogP contribution in [0, 0.1) is 6.92 Å². The van der Waals surface area contributed by atoms with E-state index in [0.29, 0.717) is 46.5 Å². The standard InChI is InChI=1S/C26H21F5N8O2S/c1-3-38-9-13(10(2)36-38)12-6-15(22(27)28)34-25-19(12)20(21(42-25)23(32)40)35-24(41)16-8-18-33-14(11-4-5-11)7-17(26(29,30)31)39(18)37-16/h6-9,11,22H,3-5H2,1-2H3,(H2,32,40)(H,35,41). The fourth-order valence-electron chi connectivity index (χ4n) is 4.75. The molecular formula is C26H21F5N8O2S. The molecule has 5 heterocycles. The Hall–Kier alpha value is -4.47. The molecule has 0 unspecified atom stereocenters. The number of carbonyl (C=O) groups excluding carboxylic acids is 2. The summed E-state index contributed by atoms with van der Waals surface area (Å²) >= 11 is 0.703. The molecule has 0 aliphatic heterocycles. The van der Waals surface area contributed by atoms with Gasteiger partial charge >= 0.3 is 6.18 Å². The number of aryl methyl sites for hydroxylation is 2. The molecular weight excluding hydrogens is 583 g/mol. The van der Waals surface area contributed by atoms with Gasteiger partial charge in [-0.1, -0.05) is 0 Å². The van der Waals surface area contributed by atoms with Crippen molar-refractivity contribution in [3.05, 3.63) is 57.7 Å². The van der Waals surface area contributed by atoms with Crippen molar-refractivity contribution in [1.29, 1.82) is 0 Å². The monoisotopic (exact) mass is 604 g/mol. The van der Waals surface area contributed by atoms with E-state index < -0.39 is 41.5 Å². The summed E-state index contributed by atoms with van der Waals surface area (Å²) in [6.07, 6.45) is -4.65. The maximum absolute atomic E-state index is 13.9. The predicted molar refractivity (Wildman–Crippen MR) is 143 cm³/mol. The molecule has 1 aliphatic rings. The Balaban J connectivity index is 1.51. The van der Waals surface area contributed by atoms with Crippen LogP contribution in [-0.4, -0.2) is 41.2 Å². The first-order valence-corrected chi connectivity index (χ1v) is 13.6. The van der Waals surface area contributed by atoms with Gasteiger partial charge in [-0.25, -0.2) is 23.3 Å². The lowest BCUT2D eigenvalue weighted by Crippen LogP contribution is -2.18. The van der Waals surface area contributed by atoms with E-state index in [4.69, 9.17) is 5.73 Å². The predicted octanol–water partition coefficient (Wildman–Crippen LogP) is 5.72. The number of fused-ring (bicyclic) bond motifs is 2. The lowest BCUT2D eigenvalue weighted by Gasteiger charge is -2.10. The molecule has 0 spiro atoms. The average molecular weight is 605 g/mol. The fourth-order valence-corrected chi connectivity index (χ4v) is 5.77. The number of pyridine rings is 1. The van der Waals surface area contributed by atoms with E-state index in [1.807, 2.05) is 6.92 Å². The summed E-state index contributed by atoms with van der Waals surface area (Å²) < 4.78 is 71.4. The molecule has 0 atom stereocenters. The van der Waals surface area contributed by atoms with Gasteiger partial charge in [-0.05, 0) is 44.4 Å². The van der Waals surface area contributed by atoms with Gasteiger partial charge in [-0.2, -0.15) is 23.4 Å². The van der Waals surface area contributed by atoms with Gasteiger partial charge < -0.3 is 11.1 Å². The Kier molecular flexibility index (Phi) is 6.47. The van der Waals surface area contributed by atoms with Crippen molar-refractivity contribution in [2.45, 2.75) is 51.8 Å². The van der Waals surface area contributed by atoms with E-state index in [0.717, 1.165) is 18.2 Å². The molecule has 218 valence electrons. The second kappa shape index (κ2) is 9.82. The second-order valence-corrected chi connectivity index (χ2v) is 10.8. The fraction of sp³-hybridized carbons (Fsp3) is 0.308. The number of aromatic nitrogens is 6. The van der Waals surface area contributed by atoms with Crippen LogP contribution in [0.3, 0.4) is 0 Å². The van der Waals surface area contributed by atoms with Crippen LogP contribution in [0.2, 0.25) is 0 Å². The first kappa shape index (κ1) is 27.7. The number of rotatable bonds is 7. The van der Waals surface area contributed by atoms with Gasteiger partial charge in [0.15, 0.2) is 11.3 Å². The molecule has 1 fully saturated rings. The highest BCUT2D eigenvalue weighted by atomic mass is 32.1. The molecule has 16 heteroatoms. The summed E-state index contributed by atoms with van der Waals surface area (Å²) in [6.45, 7) is 4.00. The van der Waals surface area contributed by atoms with E-state index >= 15 is 0 Å². The summed E-state index contributed by atoms with van der Waals surface area (Å²) in [5.74, 6) is -2.03. The second-order valence-electron chi connectivity index (χ2n) is 9.82. The molecule has 5 aromatic heterocycles. The lowest BCUT2D eigenvalue weighted by molar-refractivity contribution is -0.142. The van der Waals surface area contributed by atoms with Gasteiger partial charge in [-0.3, -0.25) is 14.3 Å². The summed E-state index contributed by atoms with van der Waals surface area (Å²) in [5.41, 5.74) is 4.66. The van der Waals surface area contributed by atoms with Crippen molar-refractivity contribution < 1.29 is 31.5 Å². The molecule has 0 aromatic carbocycles. The van der Waals surface area contributed by atoms with Gasteiger partial charge in [0.25, 0.3) is 18.2 Å². The van der Waals surface area contributed by atoms with Crippen LogP contribution in [0.4, 0.5) is 27.6 Å². The molecule has 0 saturated heterocycles. The quantitative estimate of drug-likeness (QED) is 0.229. The normalized spacial score (nSPS) is 13.9. The number of nitrogens with two attached hydrogens (primary N) is 1. The van der Waals surface area contributed by atoms with Gasteiger partial charge in [-0.15, -0.1) is 11.3 Å². The number of halogens is 5. The minimum Gasteiger partial charge on any atom is -0.365 e. The first-order chi connectivity index (χ1) is 19.8. The number of thiophene rings is 1. The van der Waals surface area contributed by atoms with Crippen LogP contribution in [0.15, 0.2) is 24.4 Å². The SMILES string of the molecule is CCn1cc(-c2cc(C(F)F)nc3sc(C(N)=O)c(NC(=O)c4cc5nc(C6CC6)cc(C(F)(F)F)n5n4)c23)c(C)n1. The van der Waals surface area contributed by atoms with Crippen LogP contribution in [0.25, 0.3) is 27.0 Å².